The molecule has 0 saturated carbocycles. The Kier molecular flexibility index (Phi) is 3.99. The van der Waals surface area contributed by atoms with Gasteiger partial charge >= 0.3 is 5.97 Å². The number of aromatic nitrogens is 3. The molecule has 2 N–H and O–H groups in total. The van der Waals surface area contributed by atoms with E-state index in [0.29, 0.717) is 17.3 Å². The molecular formula is C12H11ClN4O3. The molecule has 7 nitrogen and oxygen atoms in total. The number of aromatic carboxylic acids is 1. The van der Waals surface area contributed by atoms with E-state index < -0.39 is 11.9 Å². The Hall–Kier alpha value is -2.41. The number of carboxylic acid groups (broad SMARTS) is 1. The van der Waals surface area contributed by atoms with Crippen molar-refractivity contribution in [2.24, 2.45) is 0 Å². The normalized spacial score (nSPS) is 10.3. The molecule has 0 atom stereocenters. The minimum atomic E-state index is -1.27. The van der Waals surface area contributed by atoms with E-state index in [0.717, 1.165) is 0 Å². The molecular weight excluding hydrogens is 284 g/mol. The number of amides is 1. The number of aryl methyl sites for hydroxylation is 1. The van der Waals surface area contributed by atoms with Crippen molar-refractivity contribution in [1.82, 2.24) is 14.5 Å². The van der Waals surface area contributed by atoms with Gasteiger partial charge in [0.05, 0.1) is 5.02 Å². The SMILES string of the molecule is CCn1cc(Cl)cc1C(=O)Nc1nccnc1C(=O)O. The van der Waals surface area contributed by atoms with Crippen molar-refractivity contribution >= 4 is 29.3 Å². The number of carboxylic acids is 1. The van der Waals surface area contributed by atoms with Crippen LogP contribution in [0, 0.1) is 0 Å². The van der Waals surface area contributed by atoms with Crippen LogP contribution in [0.25, 0.3) is 0 Å². The summed E-state index contributed by atoms with van der Waals surface area (Å²) in [5, 5.41) is 11.8. The van der Waals surface area contributed by atoms with Crippen molar-refractivity contribution < 1.29 is 14.7 Å². The first-order valence-corrected chi connectivity index (χ1v) is 6.12. The van der Waals surface area contributed by atoms with E-state index in [2.05, 4.69) is 15.3 Å². The molecule has 0 aliphatic carbocycles. The first-order valence-electron chi connectivity index (χ1n) is 5.74. The Balaban J connectivity index is 2.30. The number of nitrogens with one attached hydrogen (secondary N) is 1. The first kappa shape index (κ1) is 14.0. The van der Waals surface area contributed by atoms with Crippen LogP contribution in [-0.4, -0.2) is 31.5 Å². The number of nitrogens with zero attached hydrogens (tertiary/aromatic N) is 3. The van der Waals surface area contributed by atoms with Gasteiger partial charge in [-0.05, 0) is 13.0 Å². The molecule has 0 aliphatic rings. The summed E-state index contributed by atoms with van der Waals surface area (Å²) in [6, 6.07) is 1.50. The monoisotopic (exact) mass is 294 g/mol. The van der Waals surface area contributed by atoms with E-state index in [9.17, 15) is 9.59 Å². The van der Waals surface area contributed by atoms with Crippen LogP contribution in [0.5, 0.6) is 0 Å². The lowest BCUT2D eigenvalue weighted by molar-refractivity contribution is 0.0691. The van der Waals surface area contributed by atoms with Gasteiger partial charge < -0.3 is 15.0 Å². The number of hydrogen-bond acceptors (Lipinski definition) is 4. The predicted octanol–water partition coefficient (Wildman–Crippen LogP) is 1.90. The van der Waals surface area contributed by atoms with Gasteiger partial charge in [0.25, 0.3) is 5.91 Å². The predicted molar refractivity (Wildman–Crippen MR) is 72.1 cm³/mol. The van der Waals surface area contributed by atoms with Gasteiger partial charge in [-0.25, -0.2) is 14.8 Å². The van der Waals surface area contributed by atoms with E-state index in [-0.39, 0.29) is 11.5 Å². The van der Waals surface area contributed by atoms with Crippen molar-refractivity contribution in [3.63, 3.8) is 0 Å². The average Bonchev–Trinajstić information content (AvgIpc) is 2.80. The van der Waals surface area contributed by atoms with Crippen LogP contribution >= 0.6 is 11.6 Å². The summed E-state index contributed by atoms with van der Waals surface area (Å²) in [6.45, 7) is 2.42. The molecule has 0 fully saturated rings. The second-order valence-corrected chi connectivity index (χ2v) is 4.28. The molecule has 0 aliphatic heterocycles. The third kappa shape index (κ3) is 2.77. The van der Waals surface area contributed by atoms with Crippen LogP contribution in [-0.2, 0) is 6.54 Å². The maximum atomic E-state index is 12.1. The molecule has 8 heteroatoms. The van der Waals surface area contributed by atoms with Crippen molar-refractivity contribution in [2.45, 2.75) is 13.5 Å². The van der Waals surface area contributed by atoms with Crippen molar-refractivity contribution in [2.75, 3.05) is 5.32 Å². The number of carbonyl (C=O) groups is 2. The maximum Gasteiger partial charge on any atom is 0.358 e. The maximum absolute atomic E-state index is 12.1. The van der Waals surface area contributed by atoms with Crippen molar-refractivity contribution in [3.8, 4) is 0 Å². The molecule has 0 unspecified atom stereocenters. The van der Waals surface area contributed by atoms with Gasteiger partial charge in [0, 0.05) is 25.1 Å². The second-order valence-electron chi connectivity index (χ2n) is 3.84. The van der Waals surface area contributed by atoms with Gasteiger partial charge in [-0.1, -0.05) is 11.6 Å². The van der Waals surface area contributed by atoms with Gasteiger partial charge in [0.15, 0.2) is 11.5 Å². The number of rotatable bonds is 4. The summed E-state index contributed by atoms with van der Waals surface area (Å²) in [5.41, 5.74) is 0.000966. The van der Waals surface area contributed by atoms with Gasteiger partial charge in [0.1, 0.15) is 5.69 Å². The summed E-state index contributed by atoms with van der Waals surface area (Å²) < 4.78 is 1.65. The Labute approximate surface area is 119 Å². The molecule has 1 amide bonds. The summed E-state index contributed by atoms with van der Waals surface area (Å²) >= 11 is 5.85. The van der Waals surface area contributed by atoms with E-state index in [1.807, 2.05) is 6.92 Å². The molecule has 104 valence electrons. The molecule has 2 heterocycles. The molecule has 0 spiro atoms. The van der Waals surface area contributed by atoms with Gasteiger partial charge in [-0.2, -0.15) is 0 Å². The second kappa shape index (κ2) is 5.70. The van der Waals surface area contributed by atoms with Crippen LogP contribution in [0.4, 0.5) is 5.82 Å². The Bertz CT molecular complexity index is 668. The van der Waals surface area contributed by atoms with Gasteiger partial charge in [-0.15, -0.1) is 0 Å². The molecule has 0 radical (unpaired) electrons. The van der Waals surface area contributed by atoms with Crippen molar-refractivity contribution in [3.05, 3.63) is 41.1 Å². The summed E-state index contributed by atoms with van der Waals surface area (Å²) in [6.07, 6.45) is 4.16. The average molecular weight is 295 g/mol. The summed E-state index contributed by atoms with van der Waals surface area (Å²) in [4.78, 5) is 30.6. The lowest BCUT2D eigenvalue weighted by Gasteiger charge is -2.08. The number of halogens is 1. The highest BCUT2D eigenvalue weighted by atomic mass is 35.5. The lowest BCUT2D eigenvalue weighted by Crippen LogP contribution is -2.19. The first-order chi connectivity index (χ1) is 9.52. The summed E-state index contributed by atoms with van der Waals surface area (Å²) in [5.74, 6) is -1.87. The summed E-state index contributed by atoms with van der Waals surface area (Å²) in [7, 11) is 0. The zero-order valence-electron chi connectivity index (χ0n) is 10.5. The third-order valence-corrected chi connectivity index (χ3v) is 2.78. The van der Waals surface area contributed by atoms with Gasteiger partial charge in [-0.3, -0.25) is 4.79 Å². The smallest absolute Gasteiger partial charge is 0.358 e. The Morgan fingerprint density at radius 2 is 2.10 bits per heavy atom. The fraction of sp³-hybridized carbons (Fsp3) is 0.167. The zero-order chi connectivity index (χ0) is 14.7. The van der Waals surface area contributed by atoms with Gasteiger partial charge in [0.2, 0.25) is 0 Å². The molecule has 2 rings (SSSR count). The lowest BCUT2D eigenvalue weighted by atomic mass is 10.3. The molecule has 2 aromatic rings. The van der Waals surface area contributed by atoms with Crippen LogP contribution in [0.2, 0.25) is 5.02 Å². The van der Waals surface area contributed by atoms with E-state index in [4.69, 9.17) is 16.7 Å². The Morgan fingerprint density at radius 3 is 2.75 bits per heavy atom. The molecule has 20 heavy (non-hydrogen) atoms. The molecule has 2 aromatic heterocycles. The van der Waals surface area contributed by atoms with Crippen LogP contribution < -0.4 is 5.32 Å². The highest BCUT2D eigenvalue weighted by Crippen LogP contribution is 2.16. The minimum absolute atomic E-state index is 0.107. The fourth-order valence-electron chi connectivity index (χ4n) is 1.68. The van der Waals surface area contributed by atoms with Crippen LogP contribution in [0.15, 0.2) is 24.7 Å². The molecule has 0 saturated heterocycles. The highest BCUT2D eigenvalue weighted by Gasteiger charge is 2.18. The molecule has 0 bridgehead atoms. The van der Waals surface area contributed by atoms with Crippen molar-refractivity contribution in [1.29, 1.82) is 0 Å². The van der Waals surface area contributed by atoms with E-state index in [1.54, 1.807) is 10.8 Å². The molecule has 0 aromatic carbocycles. The van der Waals surface area contributed by atoms with E-state index >= 15 is 0 Å². The number of hydrogen-bond donors (Lipinski definition) is 2. The van der Waals surface area contributed by atoms with Crippen LogP contribution in [0.3, 0.4) is 0 Å². The standard InChI is InChI=1S/C12H11ClN4O3/c1-2-17-6-7(13)5-8(17)11(18)16-10-9(12(19)20)14-3-4-15-10/h3-6H,2H2,1H3,(H,19,20)(H,15,16,18). The minimum Gasteiger partial charge on any atom is -0.476 e. The quantitative estimate of drug-likeness (QED) is 0.897. The van der Waals surface area contributed by atoms with Crippen LogP contribution in [0.1, 0.15) is 27.9 Å². The van der Waals surface area contributed by atoms with E-state index in [1.165, 1.54) is 18.5 Å². The highest BCUT2D eigenvalue weighted by molar-refractivity contribution is 6.31. The topological polar surface area (TPSA) is 97.1 Å². The third-order valence-electron chi connectivity index (χ3n) is 2.57. The number of carbonyl (C=O) groups excluding carboxylic acids is 1. The number of anilines is 1. The largest absolute Gasteiger partial charge is 0.476 e. The Morgan fingerprint density at radius 1 is 1.40 bits per heavy atom. The fourth-order valence-corrected chi connectivity index (χ4v) is 1.91. The zero-order valence-corrected chi connectivity index (χ0v) is 11.3.